The van der Waals surface area contributed by atoms with E-state index in [0.29, 0.717) is 16.5 Å². The lowest BCUT2D eigenvalue weighted by Gasteiger charge is -2.30. The van der Waals surface area contributed by atoms with Gasteiger partial charge >= 0.3 is 5.97 Å². The number of ether oxygens (including phenoxy) is 4. The molecule has 0 radical (unpaired) electrons. The van der Waals surface area contributed by atoms with E-state index in [1.165, 1.54) is 36.4 Å². The second kappa shape index (κ2) is 8.59. The van der Waals surface area contributed by atoms with Gasteiger partial charge in [-0.15, -0.1) is 0 Å². The van der Waals surface area contributed by atoms with Crippen molar-refractivity contribution in [2.75, 3.05) is 20.5 Å². The van der Waals surface area contributed by atoms with Crippen LogP contribution in [0.15, 0.2) is 36.4 Å². The molecular formula is C17H14Cl2O8P-. The summed E-state index contributed by atoms with van der Waals surface area (Å²) in [6, 6.07) is 8.79. The normalized spacial score (nSPS) is 15.6. The summed E-state index contributed by atoms with van der Waals surface area (Å²) in [4.78, 5) is 24.5. The summed E-state index contributed by atoms with van der Waals surface area (Å²) in [5, 5.41) is 0.592. The van der Waals surface area contributed by atoms with Crippen molar-refractivity contribution in [3.63, 3.8) is 0 Å². The molecule has 0 spiro atoms. The molecule has 0 aromatic heterocycles. The van der Waals surface area contributed by atoms with Gasteiger partial charge in [0, 0.05) is 17.7 Å². The molecule has 1 aliphatic heterocycles. The van der Waals surface area contributed by atoms with Gasteiger partial charge in [-0.25, -0.2) is 4.79 Å². The number of carbonyl (C=O) groups is 1. The van der Waals surface area contributed by atoms with E-state index in [9.17, 15) is 14.3 Å². The summed E-state index contributed by atoms with van der Waals surface area (Å²) in [5.74, 6) is -1.66. The van der Waals surface area contributed by atoms with Gasteiger partial charge in [-0.05, 0) is 30.3 Å². The van der Waals surface area contributed by atoms with Crippen LogP contribution >= 0.6 is 30.8 Å². The lowest BCUT2D eigenvalue weighted by molar-refractivity contribution is -0.209. The monoisotopic (exact) mass is 447 g/mol. The molecule has 150 valence electrons. The fraction of sp³-hybridized carbons (Fsp3) is 0.235. The Morgan fingerprint density at radius 1 is 1.21 bits per heavy atom. The van der Waals surface area contributed by atoms with Crippen molar-refractivity contribution in [3.05, 3.63) is 52.0 Å². The van der Waals surface area contributed by atoms with Gasteiger partial charge in [0.15, 0.2) is 31.5 Å². The van der Waals surface area contributed by atoms with Crippen LogP contribution < -0.4 is 19.1 Å². The minimum absolute atomic E-state index is 0.0121. The molecule has 2 aromatic carbocycles. The van der Waals surface area contributed by atoms with Crippen molar-refractivity contribution in [2.45, 2.75) is 5.85 Å². The third kappa shape index (κ3) is 4.71. The molecule has 0 amide bonds. The van der Waals surface area contributed by atoms with E-state index in [1.807, 2.05) is 0 Å². The summed E-state index contributed by atoms with van der Waals surface area (Å²) >= 11 is 11.8. The van der Waals surface area contributed by atoms with Gasteiger partial charge in [-0.2, -0.15) is 0 Å². The minimum Gasteiger partial charge on any atom is -0.776 e. The van der Waals surface area contributed by atoms with Gasteiger partial charge in [-0.1, -0.05) is 29.3 Å². The molecule has 3 rings (SSSR count). The first-order chi connectivity index (χ1) is 13.3. The zero-order valence-corrected chi connectivity index (χ0v) is 16.8. The number of carbonyl (C=O) groups excluding carboxylic acids is 1. The van der Waals surface area contributed by atoms with Crippen molar-refractivity contribution >= 4 is 36.8 Å². The zero-order valence-electron chi connectivity index (χ0n) is 14.4. The fourth-order valence-electron chi connectivity index (χ4n) is 2.37. The predicted molar refractivity (Wildman–Crippen MR) is 98.0 cm³/mol. The molecule has 2 aromatic rings. The topological polar surface area (TPSA) is 103 Å². The number of halogens is 2. The van der Waals surface area contributed by atoms with Crippen molar-refractivity contribution < 1.29 is 37.7 Å². The Morgan fingerprint density at radius 3 is 2.68 bits per heavy atom. The first-order valence-corrected chi connectivity index (χ1v) is 10.2. The summed E-state index contributed by atoms with van der Waals surface area (Å²) in [5.41, 5.74) is 0.141. The van der Waals surface area contributed by atoms with Crippen LogP contribution in [0.25, 0.3) is 0 Å². The van der Waals surface area contributed by atoms with Crippen molar-refractivity contribution in [1.29, 1.82) is 0 Å². The smallest absolute Gasteiger partial charge is 0.345 e. The Morgan fingerprint density at radius 2 is 1.96 bits per heavy atom. The molecule has 1 aliphatic rings. The Hall–Kier alpha value is -1.96. The summed E-state index contributed by atoms with van der Waals surface area (Å²) in [6.07, 6.45) is 0. The molecular weight excluding hydrogens is 434 g/mol. The third-order valence-corrected chi connectivity index (χ3v) is 5.72. The highest BCUT2D eigenvalue weighted by Gasteiger charge is 2.30. The van der Waals surface area contributed by atoms with E-state index in [1.54, 1.807) is 0 Å². The summed E-state index contributed by atoms with van der Waals surface area (Å²) < 4.78 is 37.6. The quantitative estimate of drug-likeness (QED) is 0.468. The Labute approximate surface area is 170 Å². The first kappa shape index (κ1) is 20.8. The highest BCUT2D eigenvalue weighted by molar-refractivity contribution is 7.51. The Bertz CT molecular complexity index is 935. The average molecular weight is 448 g/mol. The number of fused-ring (bicyclic) bond motifs is 1. The van der Waals surface area contributed by atoms with Crippen molar-refractivity contribution in [2.24, 2.45) is 0 Å². The van der Waals surface area contributed by atoms with Crippen LogP contribution in [0.2, 0.25) is 10.0 Å². The van der Waals surface area contributed by atoms with Crippen LogP contribution in [0, 0.1) is 0 Å². The largest absolute Gasteiger partial charge is 0.776 e. The molecule has 0 bridgehead atoms. The maximum absolute atomic E-state index is 12.3. The molecule has 8 nitrogen and oxygen atoms in total. The second-order valence-corrected chi connectivity index (χ2v) is 8.30. The predicted octanol–water partition coefficient (Wildman–Crippen LogP) is 3.54. The lowest BCUT2D eigenvalue weighted by atomic mass is 10.2. The van der Waals surface area contributed by atoms with Crippen LogP contribution in [0.3, 0.4) is 0 Å². The highest BCUT2D eigenvalue weighted by Crippen LogP contribution is 2.54. The summed E-state index contributed by atoms with van der Waals surface area (Å²) in [6.45, 7) is -0.565. The standard InChI is InChI=1S/C17H15Cl2O8P/c1-23-28(21,22)17(10-2-4-14-15(6-10)26-9-25-14)27-16(20)8-24-13-5-3-11(18)7-12(13)19/h2-7,17H,8-9H2,1H3,(H,21,22)/p-1. The summed E-state index contributed by atoms with van der Waals surface area (Å²) in [7, 11) is -3.61. The van der Waals surface area contributed by atoms with Crippen LogP contribution in [0.1, 0.15) is 11.4 Å². The van der Waals surface area contributed by atoms with E-state index in [-0.39, 0.29) is 23.1 Å². The van der Waals surface area contributed by atoms with Gasteiger partial charge in [0.1, 0.15) is 5.75 Å². The average Bonchev–Trinajstić information content (AvgIpc) is 3.13. The fourth-order valence-corrected chi connectivity index (χ4v) is 3.79. The van der Waals surface area contributed by atoms with E-state index in [4.69, 9.17) is 42.1 Å². The SMILES string of the molecule is COP(=O)([O-])C(OC(=O)COc1ccc(Cl)cc1Cl)c1ccc2c(c1)OCO2. The van der Waals surface area contributed by atoms with Crippen LogP contribution in [-0.2, 0) is 18.6 Å². The maximum Gasteiger partial charge on any atom is 0.345 e. The molecule has 1 heterocycles. The molecule has 2 atom stereocenters. The maximum atomic E-state index is 12.3. The number of hydrogen-bond donors (Lipinski definition) is 0. The van der Waals surface area contributed by atoms with Crippen LogP contribution in [0.4, 0.5) is 0 Å². The van der Waals surface area contributed by atoms with Crippen molar-refractivity contribution in [1.82, 2.24) is 0 Å². The van der Waals surface area contributed by atoms with E-state index < -0.39 is 26.0 Å². The molecule has 0 fully saturated rings. The highest BCUT2D eigenvalue weighted by atomic mass is 35.5. The molecule has 28 heavy (non-hydrogen) atoms. The first-order valence-electron chi connectivity index (χ1n) is 7.83. The zero-order chi connectivity index (χ0) is 20.3. The number of benzene rings is 2. The third-order valence-electron chi connectivity index (χ3n) is 3.71. The molecule has 0 saturated carbocycles. The number of rotatable bonds is 7. The minimum atomic E-state index is -4.58. The molecule has 0 saturated heterocycles. The molecule has 2 unspecified atom stereocenters. The van der Waals surface area contributed by atoms with Gasteiger partial charge < -0.3 is 32.9 Å². The lowest BCUT2D eigenvalue weighted by Crippen LogP contribution is -2.22. The van der Waals surface area contributed by atoms with Gasteiger partial charge in [0.05, 0.1) is 5.02 Å². The molecule has 11 heteroatoms. The van der Waals surface area contributed by atoms with Gasteiger partial charge in [0.2, 0.25) is 6.79 Å². The van der Waals surface area contributed by atoms with Crippen molar-refractivity contribution in [3.8, 4) is 17.2 Å². The Balaban J connectivity index is 1.74. The van der Waals surface area contributed by atoms with E-state index >= 15 is 0 Å². The Kier molecular flexibility index (Phi) is 6.37. The number of esters is 1. The van der Waals surface area contributed by atoms with Crippen LogP contribution in [0.5, 0.6) is 17.2 Å². The van der Waals surface area contributed by atoms with Gasteiger partial charge in [0.25, 0.3) is 0 Å². The molecule has 0 N–H and O–H groups in total. The molecule has 0 aliphatic carbocycles. The van der Waals surface area contributed by atoms with Crippen LogP contribution in [-0.4, -0.2) is 26.5 Å². The number of hydrogen-bond acceptors (Lipinski definition) is 8. The van der Waals surface area contributed by atoms with E-state index in [2.05, 4.69) is 4.52 Å². The van der Waals surface area contributed by atoms with E-state index in [0.717, 1.165) is 7.11 Å². The van der Waals surface area contributed by atoms with Gasteiger partial charge in [-0.3, -0.25) is 0 Å². The second-order valence-electron chi connectivity index (χ2n) is 5.54.